The predicted molar refractivity (Wildman–Crippen MR) is 113 cm³/mol. The molecule has 1 saturated heterocycles. The summed E-state index contributed by atoms with van der Waals surface area (Å²) in [5, 5.41) is 0.937. The molecule has 2 aromatic carbocycles. The lowest BCUT2D eigenvalue weighted by molar-refractivity contribution is 0.0763. The number of methoxy groups -OCH3 is 1. The van der Waals surface area contributed by atoms with Crippen LogP contribution < -0.4 is 4.74 Å². The van der Waals surface area contributed by atoms with Crippen LogP contribution in [0.2, 0.25) is 0 Å². The molecule has 4 nitrogen and oxygen atoms in total. The molecular formula is C24H26N2O2. The van der Waals surface area contributed by atoms with Crippen LogP contribution in [0.3, 0.4) is 0 Å². The van der Waals surface area contributed by atoms with Crippen molar-refractivity contribution in [2.75, 3.05) is 20.2 Å². The number of hydrogen-bond donors (Lipinski definition) is 0. The molecule has 1 fully saturated rings. The normalized spacial score (nSPS) is 14.7. The van der Waals surface area contributed by atoms with Gasteiger partial charge in [-0.25, -0.2) is 4.98 Å². The monoisotopic (exact) mass is 374 g/mol. The molecule has 1 aliphatic heterocycles. The molecule has 2 heterocycles. The van der Waals surface area contributed by atoms with E-state index >= 15 is 0 Å². The quantitative estimate of drug-likeness (QED) is 0.630. The number of fused-ring (bicyclic) bond motifs is 1. The summed E-state index contributed by atoms with van der Waals surface area (Å²) in [7, 11) is 1.66. The van der Waals surface area contributed by atoms with Crippen LogP contribution in [0, 0.1) is 6.92 Å². The van der Waals surface area contributed by atoms with E-state index in [2.05, 4.69) is 0 Å². The van der Waals surface area contributed by atoms with Gasteiger partial charge in [0.1, 0.15) is 5.75 Å². The second-order valence-corrected chi connectivity index (χ2v) is 7.46. The van der Waals surface area contributed by atoms with Crippen molar-refractivity contribution in [1.82, 2.24) is 9.88 Å². The third-order valence-corrected chi connectivity index (χ3v) is 5.55. The average Bonchev–Trinajstić information content (AvgIpc) is 3.02. The third kappa shape index (κ3) is 3.59. The number of carbonyl (C=O) groups is 1. The minimum absolute atomic E-state index is 0.120. The lowest BCUT2D eigenvalue weighted by Crippen LogP contribution is -2.32. The third-order valence-electron chi connectivity index (χ3n) is 5.55. The zero-order valence-electron chi connectivity index (χ0n) is 16.6. The van der Waals surface area contributed by atoms with E-state index in [1.165, 1.54) is 12.8 Å². The zero-order chi connectivity index (χ0) is 19.5. The van der Waals surface area contributed by atoms with Gasteiger partial charge in [0.05, 0.1) is 23.9 Å². The number of para-hydroxylation sites is 1. The summed E-state index contributed by atoms with van der Waals surface area (Å²) in [6, 6.07) is 15.9. The standard InChI is InChI=1S/C24H26N2O2/c1-17-8-7-9-20-21(24(27)26-14-5-3-4-6-15-26)16-22(25-23(17)20)18-10-12-19(28-2)13-11-18/h7-13,16H,3-6,14-15H2,1-2H3. The summed E-state index contributed by atoms with van der Waals surface area (Å²) in [6.45, 7) is 3.73. The van der Waals surface area contributed by atoms with Gasteiger partial charge in [-0.1, -0.05) is 31.0 Å². The highest BCUT2D eigenvalue weighted by molar-refractivity contribution is 6.07. The summed E-state index contributed by atoms with van der Waals surface area (Å²) in [6.07, 6.45) is 4.58. The Labute approximate surface area is 166 Å². The smallest absolute Gasteiger partial charge is 0.254 e. The first-order valence-electron chi connectivity index (χ1n) is 10.0. The van der Waals surface area contributed by atoms with E-state index < -0.39 is 0 Å². The molecule has 4 heteroatoms. The highest BCUT2D eigenvalue weighted by Crippen LogP contribution is 2.29. The summed E-state index contributed by atoms with van der Waals surface area (Å²) in [5.41, 5.74) is 4.53. The molecular weight excluding hydrogens is 348 g/mol. The van der Waals surface area contributed by atoms with Crippen molar-refractivity contribution in [2.24, 2.45) is 0 Å². The molecule has 28 heavy (non-hydrogen) atoms. The number of rotatable bonds is 3. The Morgan fingerprint density at radius 3 is 2.39 bits per heavy atom. The molecule has 3 aromatic rings. The van der Waals surface area contributed by atoms with E-state index in [-0.39, 0.29) is 5.91 Å². The molecule has 144 valence electrons. The fraction of sp³-hybridized carbons (Fsp3) is 0.333. The van der Waals surface area contributed by atoms with Crippen LogP contribution in [0.1, 0.15) is 41.6 Å². The van der Waals surface area contributed by atoms with Gasteiger partial charge >= 0.3 is 0 Å². The van der Waals surface area contributed by atoms with Crippen LogP contribution in [-0.4, -0.2) is 36.0 Å². The minimum atomic E-state index is 0.120. The van der Waals surface area contributed by atoms with E-state index in [0.717, 1.165) is 65.0 Å². The van der Waals surface area contributed by atoms with E-state index in [1.54, 1.807) is 7.11 Å². The number of benzene rings is 2. The summed E-state index contributed by atoms with van der Waals surface area (Å²) in [5.74, 6) is 0.927. The molecule has 0 unspecified atom stereocenters. The van der Waals surface area contributed by atoms with Crippen LogP contribution in [0.5, 0.6) is 5.75 Å². The predicted octanol–water partition coefficient (Wildman–Crippen LogP) is 5.24. The molecule has 0 radical (unpaired) electrons. The molecule has 4 rings (SSSR count). The van der Waals surface area contributed by atoms with Crippen LogP contribution >= 0.6 is 0 Å². The number of aryl methyl sites for hydroxylation is 1. The number of hydrogen-bond acceptors (Lipinski definition) is 3. The Hall–Kier alpha value is -2.88. The van der Waals surface area contributed by atoms with Crippen molar-refractivity contribution in [2.45, 2.75) is 32.6 Å². The fourth-order valence-electron chi connectivity index (χ4n) is 3.92. The largest absolute Gasteiger partial charge is 0.497 e. The highest BCUT2D eigenvalue weighted by Gasteiger charge is 2.21. The van der Waals surface area contributed by atoms with Crippen molar-refractivity contribution in [1.29, 1.82) is 0 Å². The number of amides is 1. The Bertz CT molecular complexity index is 987. The topological polar surface area (TPSA) is 42.4 Å². The van der Waals surface area contributed by atoms with E-state index in [4.69, 9.17) is 9.72 Å². The lowest BCUT2D eigenvalue weighted by atomic mass is 10.0. The number of pyridine rings is 1. The number of ether oxygens (including phenoxy) is 1. The molecule has 1 amide bonds. The highest BCUT2D eigenvalue weighted by atomic mass is 16.5. The number of aromatic nitrogens is 1. The van der Waals surface area contributed by atoms with Crippen LogP contribution in [0.15, 0.2) is 48.5 Å². The van der Waals surface area contributed by atoms with Gasteiger partial charge in [-0.05, 0) is 55.7 Å². The first kappa shape index (κ1) is 18.5. The van der Waals surface area contributed by atoms with Crippen molar-refractivity contribution in [3.05, 3.63) is 59.7 Å². The molecule has 0 atom stereocenters. The van der Waals surface area contributed by atoms with Crippen LogP contribution in [-0.2, 0) is 0 Å². The molecule has 0 aliphatic carbocycles. The van der Waals surface area contributed by atoms with Crippen molar-refractivity contribution in [3.63, 3.8) is 0 Å². The van der Waals surface area contributed by atoms with Gasteiger partial charge < -0.3 is 9.64 Å². The maximum Gasteiger partial charge on any atom is 0.254 e. The van der Waals surface area contributed by atoms with Gasteiger partial charge in [0.25, 0.3) is 5.91 Å². The van der Waals surface area contributed by atoms with Crippen molar-refractivity contribution >= 4 is 16.8 Å². The Kier molecular flexibility index (Phi) is 5.29. The number of nitrogens with zero attached hydrogens (tertiary/aromatic N) is 2. The minimum Gasteiger partial charge on any atom is -0.497 e. The number of carbonyl (C=O) groups excluding carboxylic acids is 1. The maximum atomic E-state index is 13.4. The Balaban J connectivity index is 1.83. The van der Waals surface area contributed by atoms with Crippen molar-refractivity contribution in [3.8, 4) is 17.0 Å². The summed E-state index contributed by atoms with van der Waals surface area (Å²) in [4.78, 5) is 20.4. The van der Waals surface area contributed by atoms with Crippen LogP contribution in [0.25, 0.3) is 22.2 Å². The zero-order valence-corrected chi connectivity index (χ0v) is 16.6. The first-order valence-corrected chi connectivity index (χ1v) is 10.0. The lowest BCUT2D eigenvalue weighted by Gasteiger charge is -2.22. The molecule has 0 bridgehead atoms. The van der Waals surface area contributed by atoms with E-state index in [1.807, 2.05) is 60.4 Å². The molecule has 0 N–H and O–H groups in total. The SMILES string of the molecule is COc1ccc(-c2cc(C(=O)N3CCCCCC3)c3cccc(C)c3n2)cc1. The van der Waals surface area contributed by atoms with Gasteiger partial charge in [0.2, 0.25) is 0 Å². The van der Waals surface area contributed by atoms with Gasteiger partial charge in [0, 0.05) is 24.0 Å². The van der Waals surface area contributed by atoms with E-state index in [0.29, 0.717) is 0 Å². The van der Waals surface area contributed by atoms with Gasteiger partial charge in [-0.3, -0.25) is 4.79 Å². The first-order chi connectivity index (χ1) is 13.7. The van der Waals surface area contributed by atoms with Gasteiger partial charge in [-0.15, -0.1) is 0 Å². The second-order valence-electron chi connectivity index (χ2n) is 7.46. The number of likely N-dealkylation sites (tertiary alicyclic amines) is 1. The Morgan fingerprint density at radius 2 is 1.71 bits per heavy atom. The van der Waals surface area contributed by atoms with E-state index in [9.17, 15) is 4.79 Å². The summed E-state index contributed by atoms with van der Waals surface area (Å²) >= 11 is 0. The van der Waals surface area contributed by atoms with Gasteiger partial charge in [0.15, 0.2) is 0 Å². The molecule has 1 aromatic heterocycles. The maximum absolute atomic E-state index is 13.4. The van der Waals surface area contributed by atoms with Gasteiger partial charge in [-0.2, -0.15) is 0 Å². The Morgan fingerprint density at radius 1 is 1.00 bits per heavy atom. The summed E-state index contributed by atoms with van der Waals surface area (Å²) < 4.78 is 5.27. The molecule has 0 spiro atoms. The fourth-order valence-corrected chi connectivity index (χ4v) is 3.92. The average molecular weight is 374 g/mol. The second kappa shape index (κ2) is 8.01. The molecule has 0 saturated carbocycles. The van der Waals surface area contributed by atoms with Crippen molar-refractivity contribution < 1.29 is 9.53 Å². The molecule has 1 aliphatic rings. The van der Waals surface area contributed by atoms with Crippen LogP contribution in [0.4, 0.5) is 0 Å².